The van der Waals surface area contributed by atoms with Crippen molar-refractivity contribution in [2.45, 2.75) is 39.3 Å². The van der Waals surface area contributed by atoms with E-state index in [0.717, 1.165) is 12.0 Å². The van der Waals surface area contributed by atoms with Gasteiger partial charge < -0.3 is 15.2 Å². The highest BCUT2D eigenvalue weighted by molar-refractivity contribution is 5.80. The van der Waals surface area contributed by atoms with Gasteiger partial charge in [0.25, 0.3) is 0 Å². The zero-order valence-corrected chi connectivity index (χ0v) is 13.5. The molecule has 5 heteroatoms. The molecule has 2 atom stereocenters. The van der Waals surface area contributed by atoms with Crippen molar-refractivity contribution >= 4 is 5.91 Å². The van der Waals surface area contributed by atoms with E-state index in [2.05, 4.69) is 12.2 Å². The van der Waals surface area contributed by atoms with Gasteiger partial charge in [-0.25, -0.2) is 0 Å². The van der Waals surface area contributed by atoms with Crippen LogP contribution in [0.1, 0.15) is 38.8 Å². The Morgan fingerprint density at radius 3 is 2.29 bits per heavy atom. The molecule has 1 aromatic carbocycles. The summed E-state index contributed by atoms with van der Waals surface area (Å²) in [6, 6.07) is 5.44. The molecule has 2 unspecified atom stereocenters. The molecule has 1 aromatic rings. The molecule has 5 nitrogen and oxygen atoms in total. The van der Waals surface area contributed by atoms with Crippen molar-refractivity contribution < 1.29 is 14.3 Å². The second-order valence-electron chi connectivity index (χ2n) is 5.37. The number of amides is 1. The Kier molecular flexibility index (Phi) is 6.49. The maximum absolute atomic E-state index is 11.6. The van der Waals surface area contributed by atoms with E-state index in [1.165, 1.54) is 0 Å². The first kappa shape index (κ1) is 17.3. The van der Waals surface area contributed by atoms with Gasteiger partial charge in [-0.05, 0) is 30.0 Å². The molecule has 0 saturated heterocycles. The van der Waals surface area contributed by atoms with Crippen LogP contribution in [-0.4, -0.2) is 26.2 Å². The highest BCUT2D eigenvalue weighted by Crippen LogP contribution is 2.31. The Balaban J connectivity index is 3.01. The number of nitrogens with two attached hydrogens (primary N) is 1. The summed E-state index contributed by atoms with van der Waals surface area (Å²) in [6.45, 7) is 6.01. The Morgan fingerprint density at radius 1 is 1.24 bits per heavy atom. The Morgan fingerprint density at radius 2 is 1.86 bits per heavy atom. The van der Waals surface area contributed by atoms with Gasteiger partial charge in [-0.3, -0.25) is 10.1 Å². The van der Waals surface area contributed by atoms with Crippen LogP contribution in [0.4, 0.5) is 0 Å². The van der Waals surface area contributed by atoms with E-state index < -0.39 is 0 Å². The van der Waals surface area contributed by atoms with Gasteiger partial charge in [0, 0.05) is 6.04 Å². The average Bonchev–Trinajstić information content (AvgIpc) is 2.46. The van der Waals surface area contributed by atoms with Gasteiger partial charge >= 0.3 is 0 Å². The summed E-state index contributed by atoms with van der Waals surface area (Å²) >= 11 is 0. The summed E-state index contributed by atoms with van der Waals surface area (Å²) in [4.78, 5) is 11.6. The molecule has 0 saturated carbocycles. The third kappa shape index (κ3) is 4.36. The van der Waals surface area contributed by atoms with Crippen LogP contribution in [-0.2, 0) is 4.79 Å². The number of benzene rings is 1. The van der Waals surface area contributed by atoms with Crippen LogP contribution in [0.25, 0.3) is 0 Å². The smallest absolute Gasteiger partial charge is 0.234 e. The second-order valence-corrected chi connectivity index (χ2v) is 5.37. The van der Waals surface area contributed by atoms with Crippen molar-refractivity contribution in [3.8, 4) is 11.5 Å². The van der Waals surface area contributed by atoms with E-state index in [1.807, 2.05) is 32.0 Å². The van der Waals surface area contributed by atoms with Crippen LogP contribution < -0.4 is 20.5 Å². The van der Waals surface area contributed by atoms with Gasteiger partial charge in [0.1, 0.15) is 0 Å². The van der Waals surface area contributed by atoms with Crippen molar-refractivity contribution in [2.24, 2.45) is 11.7 Å². The van der Waals surface area contributed by atoms with E-state index in [1.54, 1.807) is 14.2 Å². The molecule has 0 spiro atoms. The highest BCUT2D eigenvalue weighted by Gasteiger charge is 2.23. The van der Waals surface area contributed by atoms with Crippen molar-refractivity contribution in [1.82, 2.24) is 5.32 Å². The lowest BCUT2D eigenvalue weighted by molar-refractivity contribution is -0.121. The van der Waals surface area contributed by atoms with E-state index in [-0.39, 0.29) is 23.9 Å². The number of methoxy groups -OCH3 is 2. The van der Waals surface area contributed by atoms with Gasteiger partial charge in [-0.15, -0.1) is 0 Å². The van der Waals surface area contributed by atoms with Crippen LogP contribution in [0.5, 0.6) is 11.5 Å². The summed E-state index contributed by atoms with van der Waals surface area (Å²) in [6.07, 6.45) is 0.839. The Labute approximate surface area is 126 Å². The molecule has 3 N–H and O–H groups in total. The van der Waals surface area contributed by atoms with Gasteiger partial charge in [0.05, 0.1) is 20.3 Å². The zero-order chi connectivity index (χ0) is 16.0. The molecule has 0 heterocycles. The molecule has 0 aliphatic carbocycles. The summed E-state index contributed by atoms with van der Waals surface area (Å²) in [5.74, 6) is 1.17. The van der Waals surface area contributed by atoms with E-state index >= 15 is 0 Å². The fourth-order valence-corrected chi connectivity index (χ4v) is 2.34. The van der Waals surface area contributed by atoms with Crippen molar-refractivity contribution in [3.05, 3.63) is 23.8 Å². The maximum Gasteiger partial charge on any atom is 0.234 e. The van der Waals surface area contributed by atoms with Crippen molar-refractivity contribution in [1.29, 1.82) is 0 Å². The summed E-state index contributed by atoms with van der Waals surface area (Å²) in [5, 5.41) is 3.34. The number of ether oxygens (including phenoxy) is 2. The number of carbonyl (C=O) groups is 1. The number of hydrogen-bond donors (Lipinski definition) is 2. The highest BCUT2D eigenvalue weighted by atomic mass is 16.5. The lowest BCUT2D eigenvalue weighted by Crippen LogP contribution is -2.46. The van der Waals surface area contributed by atoms with Gasteiger partial charge in [-0.2, -0.15) is 0 Å². The fourth-order valence-electron chi connectivity index (χ4n) is 2.34. The predicted molar refractivity (Wildman–Crippen MR) is 83.5 cm³/mol. The summed E-state index contributed by atoms with van der Waals surface area (Å²) in [5.41, 5.74) is 6.52. The fraction of sp³-hybridized carbons (Fsp3) is 0.562. The number of carbonyl (C=O) groups excluding carboxylic acids is 1. The number of rotatable bonds is 8. The second kappa shape index (κ2) is 7.88. The number of primary amides is 1. The summed E-state index contributed by atoms with van der Waals surface area (Å²) < 4.78 is 10.6. The molecule has 0 aliphatic rings. The normalized spacial score (nSPS) is 13.8. The molecule has 0 aliphatic heterocycles. The van der Waals surface area contributed by atoms with Gasteiger partial charge in [-0.1, -0.05) is 26.8 Å². The molecule has 1 amide bonds. The average molecular weight is 294 g/mol. The summed E-state index contributed by atoms with van der Waals surface area (Å²) in [7, 11) is 3.21. The standard InChI is InChI=1S/C16H26N2O3/c1-6-12(18-15(10(2)3)16(17)19)11-7-8-13(20-4)14(9-11)21-5/h7-10,12,15,18H,6H2,1-5H3,(H2,17,19). The lowest BCUT2D eigenvalue weighted by Gasteiger charge is -2.26. The largest absolute Gasteiger partial charge is 0.493 e. The third-order valence-corrected chi connectivity index (χ3v) is 3.57. The SMILES string of the molecule is CCC(NC(C(N)=O)C(C)C)c1ccc(OC)c(OC)c1. The molecule has 0 aromatic heterocycles. The molecular weight excluding hydrogens is 268 g/mol. The van der Waals surface area contributed by atoms with Gasteiger partial charge in [0.2, 0.25) is 5.91 Å². The maximum atomic E-state index is 11.6. The monoisotopic (exact) mass is 294 g/mol. The first-order chi connectivity index (χ1) is 9.94. The molecule has 0 bridgehead atoms. The number of hydrogen-bond acceptors (Lipinski definition) is 4. The minimum absolute atomic E-state index is 0.0321. The van der Waals surface area contributed by atoms with Crippen molar-refractivity contribution in [3.63, 3.8) is 0 Å². The Bertz CT molecular complexity index is 475. The van der Waals surface area contributed by atoms with Gasteiger partial charge in [0.15, 0.2) is 11.5 Å². The quantitative estimate of drug-likeness (QED) is 0.771. The molecule has 118 valence electrons. The lowest BCUT2D eigenvalue weighted by atomic mass is 9.98. The molecule has 1 rings (SSSR count). The third-order valence-electron chi connectivity index (χ3n) is 3.57. The molecule has 0 radical (unpaired) electrons. The van der Waals surface area contributed by atoms with E-state index in [4.69, 9.17) is 15.2 Å². The minimum atomic E-state index is -0.358. The number of nitrogens with one attached hydrogen (secondary N) is 1. The van der Waals surface area contributed by atoms with Crippen LogP contribution in [0.3, 0.4) is 0 Å². The van der Waals surface area contributed by atoms with Crippen LogP contribution in [0.15, 0.2) is 18.2 Å². The van der Waals surface area contributed by atoms with Crippen molar-refractivity contribution in [2.75, 3.05) is 14.2 Å². The first-order valence-electron chi connectivity index (χ1n) is 7.21. The Hall–Kier alpha value is -1.75. The molecule has 21 heavy (non-hydrogen) atoms. The first-order valence-corrected chi connectivity index (χ1v) is 7.21. The van der Waals surface area contributed by atoms with E-state index in [0.29, 0.717) is 11.5 Å². The van der Waals surface area contributed by atoms with E-state index in [9.17, 15) is 4.79 Å². The predicted octanol–water partition coefficient (Wildman–Crippen LogP) is 2.25. The minimum Gasteiger partial charge on any atom is -0.493 e. The zero-order valence-electron chi connectivity index (χ0n) is 13.5. The van der Waals surface area contributed by atoms with Crippen LogP contribution >= 0.6 is 0 Å². The van der Waals surface area contributed by atoms with Crippen LogP contribution in [0.2, 0.25) is 0 Å². The molecule has 0 fully saturated rings. The molecular formula is C16H26N2O3. The topological polar surface area (TPSA) is 73.6 Å². The van der Waals surface area contributed by atoms with Crippen LogP contribution in [0, 0.1) is 5.92 Å².